The Morgan fingerprint density at radius 2 is 1.73 bits per heavy atom. The molecule has 7 nitrogen and oxygen atoms in total. The fraction of sp³-hybridized carbons (Fsp3) is 0.185. The minimum Gasteiger partial charge on any atom is -0.378 e. The van der Waals surface area contributed by atoms with Crippen LogP contribution < -0.4 is 5.69 Å². The summed E-state index contributed by atoms with van der Waals surface area (Å²) in [6, 6.07) is 15.8. The third-order valence-corrected chi connectivity index (χ3v) is 6.25. The van der Waals surface area contributed by atoms with Crippen molar-refractivity contribution in [3.63, 3.8) is 0 Å². The predicted octanol–water partition coefficient (Wildman–Crippen LogP) is 5.58. The zero-order valence-corrected chi connectivity index (χ0v) is 20.8. The molecule has 4 aromatic heterocycles. The summed E-state index contributed by atoms with van der Waals surface area (Å²) in [6.07, 6.45) is 5.02. The quantitative estimate of drug-likeness (QED) is 0.279. The lowest BCUT2D eigenvalue weighted by Gasteiger charge is -2.14. The van der Waals surface area contributed by atoms with Crippen LogP contribution in [0, 0.1) is 0 Å². The molecule has 0 spiro atoms. The summed E-state index contributed by atoms with van der Waals surface area (Å²) in [6.45, 7) is 0.843. The summed E-state index contributed by atoms with van der Waals surface area (Å²) in [5.41, 5.74) is 3.94. The van der Waals surface area contributed by atoms with Crippen molar-refractivity contribution in [1.82, 2.24) is 24.1 Å². The van der Waals surface area contributed by atoms with E-state index in [1.54, 1.807) is 30.7 Å². The van der Waals surface area contributed by atoms with E-state index in [0.717, 1.165) is 29.2 Å². The largest absolute Gasteiger partial charge is 0.378 e. The zero-order chi connectivity index (χ0) is 26.2. The van der Waals surface area contributed by atoms with E-state index in [1.165, 1.54) is 28.3 Å². The first kappa shape index (κ1) is 24.7. The van der Waals surface area contributed by atoms with Crippen LogP contribution >= 0.6 is 11.6 Å². The molecule has 4 heterocycles. The lowest BCUT2D eigenvalue weighted by Crippen LogP contribution is -2.23. The minimum atomic E-state index is -3.10. The second-order valence-corrected chi connectivity index (χ2v) is 9.04. The van der Waals surface area contributed by atoms with Crippen molar-refractivity contribution < 1.29 is 13.5 Å². The van der Waals surface area contributed by atoms with Gasteiger partial charge < -0.3 is 4.74 Å². The van der Waals surface area contributed by atoms with Crippen LogP contribution in [-0.2, 0) is 23.8 Å². The van der Waals surface area contributed by atoms with Crippen molar-refractivity contribution in [3.8, 4) is 22.3 Å². The van der Waals surface area contributed by atoms with Gasteiger partial charge in [0.25, 0.3) is 5.92 Å². The van der Waals surface area contributed by atoms with Crippen LogP contribution in [0.3, 0.4) is 0 Å². The second kappa shape index (κ2) is 9.84. The van der Waals surface area contributed by atoms with Gasteiger partial charge in [0, 0.05) is 43.2 Å². The Hall–Kier alpha value is -3.95. The fourth-order valence-electron chi connectivity index (χ4n) is 4.20. The summed E-state index contributed by atoms with van der Waals surface area (Å²) >= 11 is 6.10. The van der Waals surface area contributed by atoms with Gasteiger partial charge in [0.1, 0.15) is 5.69 Å². The maximum Gasteiger partial charge on any atom is 0.350 e. The summed E-state index contributed by atoms with van der Waals surface area (Å²) in [7, 11) is 1.46. The van der Waals surface area contributed by atoms with Gasteiger partial charge in [-0.3, -0.25) is 4.98 Å². The van der Waals surface area contributed by atoms with E-state index in [-0.39, 0.29) is 24.5 Å². The number of nitrogens with zero attached hydrogens (tertiary/aromatic N) is 5. The van der Waals surface area contributed by atoms with E-state index >= 15 is 0 Å². The van der Waals surface area contributed by atoms with Crippen molar-refractivity contribution >= 4 is 17.2 Å². The molecule has 0 atom stereocenters. The van der Waals surface area contributed by atoms with Gasteiger partial charge >= 0.3 is 5.69 Å². The number of methoxy groups -OCH3 is 1. The lowest BCUT2D eigenvalue weighted by molar-refractivity contribution is 0.0122. The Labute approximate surface area is 216 Å². The van der Waals surface area contributed by atoms with Crippen LogP contribution in [0.4, 0.5) is 8.78 Å². The average Bonchev–Trinajstić information content (AvgIpc) is 3.20. The Balaban J connectivity index is 1.67. The van der Waals surface area contributed by atoms with Crippen molar-refractivity contribution in [2.24, 2.45) is 0 Å². The minimum absolute atomic E-state index is 0.0182. The van der Waals surface area contributed by atoms with Crippen LogP contribution in [0.5, 0.6) is 0 Å². The predicted molar refractivity (Wildman–Crippen MR) is 137 cm³/mol. The normalized spacial score (nSPS) is 11.8. The average molecular weight is 522 g/mol. The van der Waals surface area contributed by atoms with Gasteiger partial charge in [0.2, 0.25) is 0 Å². The Bertz CT molecular complexity index is 1630. The monoisotopic (exact) mass is 521 g/mol. The molecule has 0 bridgehead atoms. The molecule has 0 saturated carbocycles. The van der Waals surface area contributed by atoms with Gasteiger partial charge in [-0.2, -0.15) is 8.78 Å². The molecular formula is C27H22ClF2N5O2. The molecule has 0 aliphatic heterocycles. The summed E-state index contributed by atoms with van der Waals surface area (Å²) in [5, 5.41) is 5.28. The Morgan fingerprint density at radius 3 is 2.41 bits per heavy atom. The highest BCUT2D eigenvalue weighted by atomic mass is 35.5. The number of fused-ring (bicyclic) bond motifs is 1. The maximum absolute atomic E-state index is 13.9. The number of alkyl halides is 2. The number of halogens is 3. The van der Waals surface area contributed by atoms with Gasteiger partial charge in [0.15, 0.2) is 5.65 Å². The fourth-order valence-corrected chi connectivity index (χ4v) is 4.32. The first-order chi connectivity index (χ1) is 17.8. The van der Waals surface area contributed by atoms with Crippen LogP contribution in [0.25, 0.3) is 27.9 Å². The van der Waals surface area contributed by atoms with Gasteiger partial charge in [-0.05, 0) is 58.7 Å². The lowest BCUT2D eigenvalue weighted by atomic mass is 9.96. The molecule has 0 aliphatic carbocycles. The molecule has 0 N–H and O–H groups in total. The molecule has 10 heteroatoms. The third-order valence-electron chi connectivity index (χ3n) is 6.00. The number of hydrogen-bond donors (Lipinski definition) is 0. The van der Waals surface area contributed by atoms with Gasteiger partial charge in [-0.15, -0.1) is 5.10 Å². The van der Waals surface area contributed by atoms with E-state index in [0.29, 0.717) is 21.9 Å². The smallest absolute Gasteiger partial charge is 0.350 e. The highest BCUT2D eigenvalue weighted by molar-refractivity contribution is 6.30. The van der Waals surface area contributed by atoms with E-state index in [4.69, 9.17) is 16.3 Å². The number of aromatic nitrogens is 5. The molecule has 0 aliphatic rings. The molecule has 188 valence electrons. The van der Waals surface area contributed by atoms with Gasteiger partial charge in [-0.1, -0.05) is 29.8 Å². The highest BCUT2D eigenvalue weighted by Crippen LogP contribution is 2.35. The van der Waals surface area contributed by atoms with Crippen molar-refractivity contribution in [3.05, 3.63) is 106 Å². The third kappa shape index (κ3) is 4.87. The molecule has 1 aromatic carbocycles. The molecule has 0 amide bonds. The molecule has 5 aromatic rings. The van der Waals surface area contributed by atoms with Crippen LogP contribution in [0.15, 0.2) is 78.0 Å². The molecule has 0 unspecified atom stereocenters. The zero-order valence-electron chi connectivity index (χ0n) is 20.0. The molecule has 37 heavy (non-hydrogen) atoms. The topological polar surface area (TPSA) is 74.3 Å². The number of hydrogen-bond acceptors (Lipinski definition) is 5. The second-order valence-electron chi connectivity index (χ2n) is 8.60. The summed E-state index contributed by atoms with van der Waals surface area (Å²) in [4.78, 5) is 21.6. The van der Waals surface area contributed by atoms with Crippen molar-refractivity contribution in [1.29, 1.82) is 0 Å². The van der Waals surface area contributed by atoms with E-state index in [2.05, 4.69) is 15.1 Å². The molecule has 0 saturated heterocycles. The number of benzene rings is 1. The van der Waals surface area contributed by atoms with E-state index < -0.39 is 5.92 Å². The van der Waals surface area contributed by atoms with Crippen LogP contribution in [0.1, 0.15) is 23.9 Å². The summed E-state index contributed by atoms with van der Waals surface area (Å²) < 4.78 is 35.7. The first-order valence-electron chi connectivity index (χ1n) is 11.4. The van der Waals surface area contributed by atoms with Crippen molar-refractivity contribution in [2.75, 3.05) is 7.11 Å². The maximum atomic E-state index is 13.9. The Kier molecular flexibility index (Phi) is 6.57. The van der Waals surface area contributed by atoms with Gasteiger partial charge in [0.05, 0.1) is 18.8 Å². The van der Waals surface area contributed by atoms with E-state index in [1.807, 2.05) is 30.3 Å². The first-order valence-corrected chi connectivity index (χ1v) is 11.8. The van der Waals surface area contributed by atoms with E-state index in [9.17, 15) is 13.6 Å². The van der Waals surface area contributed by atoms with Gasteiger partial charge in [-0.25, -0.2) is 18.9 Å². The Morgan fingerprint density at radius 1 is 1.00 bits per heavy atom. The molecule has 0 fully saturated rings. The number of pyridine rings is 3. The molecule has 5 rings (SSSR count). The van der Waals surface area contributed by atoms with Crippen LogP contribution in [0.2, 0.25) is 5.02 Å². The number of ether oxygens (including phenoxy) is 1. The molecular weight excluding hydrogens is 500 g/mol. The van der Waals surface area contributed by atoms with Crippen molar-refractivity contribution in [2.45, 2.75) is 26.0 Å². The summed E-state index contributed by atoms with van der Waals surface area (Å²) in [5.74, 6) is -3.10. The highest BCUT2D eigenvalue weighted by Gasteiger charge is 2.27. The standard InChI is InChI=1S/C27H22ClF2N5O2/c1-27(29,30)23-8-5-19(22(32-23)16-37-2)15-35-26(36)34-14-11-21(17-3-6-20(28)7-4-17)24(25(34)33-35)18-9-12-31-13-10-18/h3-14H,15-16H2,1-2H3. The molecule has 0 radical (unpaired) electrons. The SMILES string of the molecule is COCc1nc(C(C)(F)F)ccc1Cn1nc2c(-c3ccncc3)c(-c3ccc(Cl)cc3)ccn2c1=O. The van der Waals surface area contributed by atoms with Crippen LogP contribution in [-0.4, -0.2) is 31.3 Å². The number of rotatable bonds is 7.